The smallest absolute Gasteiger partial charge is 0.335 e. The number of carboxylic acid groups (broad SMARTS) is 1. The molecule has 6 heteroatoms. The van der Waals surface area contributed by atoms with Gasteiger partial charge in [0.05, 0.1) is 11.1 Å². The minimum Gasteiger partial charge on any atom is -0.478 e. The van der Waals surface area contributed by atoms with Crippen LogP contribution in [0.3, 0.4) is 0 Å². The molecule has 0 saturated carbocycles. The average molecular weight is 376 g/mol. The average Bonchev–Trinajstić information content (AvgIpc) is 3.15. The van der Waals surface area contributed by atoms with Crippen LogP contribution in [0.1, 0.15) is 32.7 Å². The Morgan fingerprint density at radius 1 is 1.07 bits per heavy atom. The number of hydrogen-bond acceptors (Lipinski definition) is 3. The Kier molecular flexibility index (Phi) is 4.69. The molecule has 1 amide bonds. The van der Waals surface area contributed by atoms with Crippen molar-refractivity contribution in [1.29, 1.82) is 0 Å². The van der Waals surface area contributed by atoms with Crippen LogP contribution in [0.2, 0.25) is 0 Å². The number of aromatic nitrogens is 1. The predicted octanol–water partition coefficient (Wildman–Crippen LogP) is 2.93. The van der Waals surface area contributed by atoms with Gasteiger partial charge in [-0.1, -0.05) is 36.4 Å². The summed E-state index contributed by atoms with van der Waals surface area (Å²) in [6, 6.07) is 15.6. The maximum atomic E-state index is 13.1. The highest BCUT2D eigenvalue weighted by atomic mass is 16.4. The van der Waals surface area contributed by atoms with E-state index in [-0.39, 0.29) is 17.4 Å². The quantitative estimate of drug-likeness (QED) is 0.732. The van der Waals surface area contributed by atoms with Gasteiger partial charge in [-0.25, -0.2) is 4.79 Å². The molecule has 142 valence electrons. The Hall–Kier alpha value is -3.41. The summed E-state index contributed by atoms with van der Waals surface area (Å²) in [4.78, 5) is 40.9. The minimum atomic E-state index is -0.934. The van der Waals surface area contributed by atoms with E-state index in [1.807, 2.05) is 30.3 Å². The van der Waals surface area contributed by atoms with E-state index in [0.717, 1.165) is 17.4 Å². The summed E-state index contributed by atoms with van der Waals surface area (Å²) in [5.74, 6) is -0.898. The third-order valence-electron chi connectivity index (χ3n) is 5.31. The number of aromatic carboxylic acids is 1. The highest BCUT2D eigenvalue weighted by Crippen LogP contribution is 2.25. The zero-order chi connectivity index (χ0) is 19.7. The van der Waals surface area contributed by atoms with Crippen molar-refractivity contribution in [2.45, 2.75) is 12.8 Å². The number of pyridine rings is 1. The number of rotatable bonds is 4. The highest BCUT2D eigenvalue weighted by Gasteiger charge is 2.29. The molecule has 2 heterocycles. The van der Waals surface area contributed by atoms with Gasteiger partial charge in [0.25, 0.3) is 5.91 Å². The molecule has 1 unspecified atom stereocenters. The number of H-pyrrole nitrogens is 1. The predicted molar refractivity (Wildman–Crippen MR) is 106 cm³/mol. The Balaban J connectivity index is 1.55. The van der Waals surface area contributed by atoms with E-state index >= 15 is 0 Å². The summed E-state index contributed by atoms with van der Waals surface area (Å²) in [5.41, 5.74) is 1.85. The van der Waals surface area contributed by atoms with Crippen LogP contribution in [0, 0.1) is 5.92 Å². The summed E-state index contributed by atoms with van der Waals surface area (Å²) in [6.45, 7) is 1.15. The zero-order valence-corrected chi connectivity index (χ0v) is 15.2. The number of carbonyl (C=O) groups excluding carboxylic acids is 1. The fourth-order valence-corrected chi connectivity index (χ4v) is 3.95. The molecular formula is C22H20N2O4. The molecule has 0 aliphatic carbocycles. The van der Waals surface area contributed by atoms with E-state index in [4.69, 9.17) is 0 Å². The fraction of sp³-hybridized carbons (Fsp3) is 0.227. The van der Waals surface area contributed by atoms with Crippen molar-refractivity contribution in [2.24, 2.45) is 5.92 Å². The van der Waals surface area contributed by atoms with Gasteiger partial charge in [0.2, 0.25) is 5.56 Å². The van der Waals surface area contributed by atoms with Crippen molar-refractivity contribution in [1.82, 2.24) is 9.88 Å². The first-order valence-electron chi connectivity index (χ1n) is 9.25. The van der Waals surface area contributed by atoms with Gasteiger partial charge in [-0.05, 0) is 36.5 Å². The van der Waals surface area contributed by atoms with Crippen LogP contribution in [0.5, 0.6) is 0 Å². The van der Waals surface area contributed by atoms with Gasteiger partial charge in [-0.2, -0.15) is 0 Å². The maximum Gasteiger partial charge on any atom is 0.335 e. The first-order chi connectivity index (χ1) is 13.5. The van der Waals surface area contributed by atoms with Crippen molar-refractivity contribution >= 4 is 22.8 Å². The van der Waals surface area contributed by atoms with Crippen molar-refractivity contribution in [3.63, 3.8) is 0 Å². The molecule has 0 bridgehead atoms. The van der Waals surface area contributed by atoms with E-state index in [1.54, 1.807) is 23.1 Å². The summed E-state index contributed by atoms with van der Waals surface area (Å²) in [7, 11) is 0. The first kappa shape index (κ1) is 18.0. The van der Waals surface area contributed by atoms with Crippen LogP contribution < -0.4 is 5.56 Å². The van der Waals surface area contributed by atoms with Gasteiger partial charge in [0.1, 0.15) is 0 Å². The molecule has 0 radical (unpaired) electrons. The Morgan fingerprint density at radius 2 is 1.82 bits per heavy atom. The first-order valence-corrected chi connectivity index (χ1v) is 9.25. The summed E-state index contributed by atoms with van der Waals surface area (Å²) in [5, 5.41) is 10.1. The summed E-state index contributed by atoms with van der Waals surface area (Å²) < 4.78 is 0. The third kappa shape index (κ3) is 3.41. The van der Waals surface area contributed by atoms with E-state index < -0.39 is 5.97 Å². The van der Waals surface area contributed by atoms with Crippen LogP contribution in [-0.4, -0.2) is 40.0 Å². The fourth-order valence-electron chi connectivity index (χ4n) is 3.95. The zero-order valence-electron chi connectivity index (χ0n) is 15.2. The molecule has 28 heavy (non-hydrogen) atoms. The van der Waals surface area contributed by atoms with E-state index in [2.05, 4.69) is 4.98 Å². The largest absolute Gasteiger partial charge is 0.478 e. The number of amides is 1. The molecule has 4 rings (SSSR count). The number of nitrogens with zero attached hydrogens (tertiary/aromatic N) is 1. The Bertz CT molecular complexity index is 1120. The monoisotopic (exact) mass is 376 g/mol. The van der Waals surface area contributed by atoms with Crippen LogP contribution in [0.25, 0.3) is 10.9 Å². The topological polar surface area (TPSA) is 90.5 Å². The standard InChI is InChI=1S/C22H20N2O4/c25-20-12-18(17-7-3-4-8-19(17)23-20)21(26)24-10-9-14(13-24)11-15-5-1-2-6-16(15)22(27)28/h1-8,12,14H,9-11,13H2,(H,23,25)(H,27,28). The van der Waals surface area contributed by atoms with E-state index in [9.17, 15) is 19.5 Å². The second-order valence-electron chi connectivity index (χ2n) is 7.17. The molecule has 3 aromatic rings. The molecular weight excluding hydrogens is 356 g/mol. The summed E-state index contributed by atoms with van der Waals surface area (Å²) >= 11 is 0. The lowest BCUT2D eigenvalue weighted by atomic mass is 9.95. The number of likely N-dealkylation sites (tertiary alicyclic amines) is 1. The number of hydrogen-bond donors (Lipinski definition) is 2. The SMILES string of the molecule is O=C(O)c1ccccc1CC1CCN(C(=O)c2cc(=O)[nH]c3ccccc23)C1. The van der Waals surface area contributed by atoms with Gasteiger partial charge < -0.3 is 15.0 Å². The lowest BCUT2D eigenvalue weighted by Gasteiger charge is -2.18. The molecule has 1 atom stereocenters. The van der Waals surface area contributed by atoms with Gasteiger partial charge in [0, 0.05) is 30.1 Å². The highest BCUT2D eigenvalue weighted by molar-refractivity contribution is 6.06. The molecule has 1 aliphatic rings. The number of nitrogens with one attached hydrogen (secondary N) is 1. The number of para-hydroxylation sites is 1. The molecule has 1 aromatic heterocycles. The van der Waals surface area contributed by atoms with Crippen molar-refractivity contribution in [3.05, 3.63) is 81.6 Å². The maximum absolute atomic E-state index is 13.1. The second kappa shape index (κ2) is 7.31. The van der Waals surface area contributed by atoms with Crippen molar-refractivity contribution in [3.8, 4) is 0 Å². The van der Waals surface area contributed by atoms with Crippen molar-refractivity contribution in [2.75, 3.05) is 13.1 Å². The number of benzene rings is 2. The lowest BCUT2D eigenvalue weighted by Crippen LogP contribution is -2.30. The molecule has 1 fully saturated rings. The van der Waals surface area contributed by atoms with Crippen LogP contribution in [0.15, 0.2) is 59.4 Å². The van der Waals surface area contributed by atoms with Crippen LogP contribution in [0.4, 0.5) is 0 Å². The normalized spacial score (nSPS) is 16.4. The number of carbonyl (C=O) groups is 2. The van der Waals surface area contributed by atoms with Gasteiger partial charge in [0.15, 0.2) is 0 Å². The molecule has 1 aliphatic heterocycles. The summed E-state index contributed by atoms with van der Waals surface area (Å²) in [6.07, 6.45) is 1.42. The third-order valence-corrected chi connectivity index (χ3v) is 5.31. The minimum absolute atomic E-state index is 0.156. The molecule has 1 saturated heterocycles. The molecule has 2 N–H and O–H groups in total. The van der Waals surface area contributed by atoms with Gasteiger partial charge in [-0.15, -0.1) is 0 Å². The van der Waals surface area contributed by atoms with Crippen LogP contribution >= 0.6 is 0 Å². The molecule has 2 aromatic carbocycles. The van der Waals surface area contributed by atoms with Gasteiger partial charge >= 0.3 is 5.97 Å². The molecule has 6 nitrogen and oxygen atoms in total. The van der Waals surface area contributed by atoms with Crippen LogP contribution in [-0.2, 0) is 6.42 Å². The lowest BCUT2D eigenvalue weighted by molar-refractivity contribution is 0.0694. The molecule has 0 spiro atoms. The van der Waals surface area contributed by atoms with Gasteiger partial charge in [-0.3, -0.25) is 9.59 Å². The van der Waals surface area contributed by atoms with E-state index in [1.165, 1.54) is 6.07 Å². The Morgan fingerprint density at radius 3 is 2.64 bits per heavy atom. The van der Waals surface area contributed by atoms with Crippen molar-refractivity contribution < 1.29 is 14.7 Å². The Labute approximate surface area is 161 Å². The number of fused-ring (bicyclic) bond motifs is 1. The number of carboxylic acids is 1. The number of aromatic amines is 1. The second-order valence-corrected chi connectivity index (χ2v) is 7.17. The van der Waals surface area contributed by atoms with E-state index in [0.29, 0.717) is 36.2 Å².